The molecule has 0 atom stereocenters. The predicted octanol–water partition coefficient (Wildman–Crippen LogP) is 3.50. The van der Waals surface area contributed by atoms with Crippen molar-refractivity contribution in [3.05, 3.63) is 24.0 Å². The number of fused-ring (bicyclic) bond motifs is 1. The van der Waals surface area contributed by atoms with E-state index in [0.717, 1.165) is 80.8 Å². The van der Waals surface area contributed by atoms with Crippen LogP contribution < -0.4 is 4.90 Å². The number of hydrogen-bond acceptors (Lipinski definition) is 4. The van der Waals surface area contributed by atoms with Gasteiger partial charge in [-0.3, -0.25) is 9.69 Å². The maximum atomic E-state index is 12.9. The minimum Gasteiger partial charge on any atom is -0.354 e. The van der Waals surface area contributed by atoms with Crippen LogP contribution in [-0.2, 0) is 0 Å². The Morgan fingerprint density at radius 1 is 1.00 bits per heavy atom. The van der Waals surface area contributed by atoms with Gasteiger partial charge in [0.15, 0.2) is 0 Å². The fourth-order valence-electron chi connectivity index (χ4n) is 5.28. The molecule has 2 aromatic heterocycles. The van der Waals surface area contributed by atoms with Crippen LogP contribution in [-0.4, -0.2) is 71.0 Å². The highest BCUT2D eigenvalue weighted by Crippen LogP contribution is 2.27. The van der Waals surface area contributed by atoms with Gasteiger partial charge >= 0.3 is 0 Å². The van der Waals surface area contributed by atoms with E-state index < -0.39 is 0 Å². The van der Waals surface area contributed by atoms with Gasteiger partial charge in [0.25, 0.3) is 5.91 Å². The van der Waals surface area contributed by atoms with E-state index in [-0.39, 0.29) is 5.91 Å². The van der Waals surface area contributed by atoms with E-state index in [9.17, 15) is 4.79 Å². The Bertz CT molecular complexity index is 855. The first-order valence-corrected chi connectivity index (χ1v) is 11.4. The van der Waals surface area contributed by atoms with Crippen LogP contribution in [0.1, 0.15) is 55.9 Å². The number of H-pyrrole nitrogens is 1. The Kier molecular flexibility index (Phi) is 5.20. The Morgan fingerprint density at radius 3 is 2.45 bits per heavy atom. The summed E-state index contributed by atoms with van der Waals surface area (Å²) in [5.41, 5.74) is 1.65. The number of nitrogens with one attached hydrogen (secondary N) is 1. The fourth-order valence-corrected chi connectivity index (χ4v) is 5.28. The summed E-state index contributed by atoms with van der Waals surface area (Å²) in [4.78, 5) is 27.9. The van der Waals surface area contributed by atoms with E-state index in [1.807, 2.05) is 17.2 Å². The number of piperidine rings is 1. The number of anilines is 1. The summed E-state index contributed by atoms with van der Waals surface area (Å²) in [7, 11) is 0. The molecule has 2 saturated heterocycles. The number of aromatic amines is 1. The Labute approximate surface area is 173 Å². The molecule has 29 heavy (non-hydrogen) atoms. The molecule has 3 aliphatic rings. The van der Waals surface area contributed by atoms with Crippen LogP contribution in [0.15, 0.2) is 18.3 Å². The van der Waals surface area contributed by atoms with Crippen LogP contribution in [0.5, 0.6) is 0 Å². The molecule has 1 amide bonds. The first-order valence-electron chi connectivity index (χ1n) is 11.4. The lowest BCUT2D eigenvalue weighted by molar-refractivity contribution is 0.0692. The normalized spacial score (nSPS) is 22.7. The van der Waals surface area contributed by atoms with Gasteiger partial charge < -0.3 is 14.8 Å². The van der Waals surface area contributed by atoms with Gasteiger partial charge in [0.05, 0.1) is 11.7 Å². The molecule has 2 aromatic rings. The van der Waals surface area contributed by atoms with Gasteiger partial charge in [0, 0.05) is 50.7 Å². The molecule has 1 N–H and O–H groups in total. The lowest BCUT2D eigenvalue weighted by atomic mass is 9.99. The molecule has 2 aliphatic heterocycles. The van der Waals surface area contributed by atoms with E-state index in [1.165, 1.54) is 25.7 Å². The summed E-state index contributed by atoms with van der Waals surface area (Å²) >= 11 is 0. The topological polar surface area (TPSA) is 55.5 Å². The molecule has 4 heterocycles. The molecule has 5 rings (SSSR count). The van der Waals surface area contributed by atoms with Gasteiger partial charge in [-0.2, -0.15) is 0 Å². The highest BCUT2D eigenvalue weighted by molar-refractivity contribution is 5.98. The molecule has 1 saturated carbocycles. The third kappa shape index (κ3) is 3.87. The van der Waals surface area contributed by atoms with Crippen LogP contribution in [0.3, 0.4) is 0 Å². The number of piperazine rings is 1. The molecule has 0 radical (unpaired) electrons. The summed E-state index contributed by atoms with van der Waals surface area (Å²) in [5, 5.41) is 1.09. The van der Waals surface area contributed by atoms with E-state index in [2.05, 4.69) is 27.8 Å². The van der Waals surface area contributed by atoms with Gasteiger partial charge in [0.2, 0.25) is 0 Å². The van der Waals surface area contributed by atoms with Gasteiger partial charge in [-0.1, -0.05) is 19.8 Å². The van der Waals surface area contributed by atoms with Crippen LogP contribution in [0.25, 0.3) is 10.9 Å². The minimum absolute atomic E-state index is 0.125. The van der Waals surface area contributed by atoms with Crippen molar-refractivity contribution in [3.63, 3.8) is 0 Å². The number of rotatable bonds is 3. The highest BCUT2D eigenvalue weighted by Gasteiger charge is 2.27. The zero-order valence-corrected chi connectivity index (χ0v) is 17.6. The summed E-state index contributed by atoms with van der Waals surface area (Å²) in [6.45, 7) is 8.34. The maximum absolute atomic E-state index is 12.9. The molecular formula is C23H33N5O. The van der Waals surface area contributed by atoms with Crippen molar-refractivity contribution in [1.29, 1.82) is 0 Å². The second-order valence-electron chi connectivity index (χ2n) is 9.25. The number of hydrogen-bond donors (Lipinski definition) is 1. The molecule has 3 fully saturated rings. The molecule has 0 bridgehead atoms. The smallest absolute Gasteiger partial charge is 0.270 e. The average Bonchev–Trinajstić information content (AvgIpc) is 3.43. The van der Waals surface area contributed by atoms with Crippen LogP contribution in [0, 0.1) is 5.92 Å². The second kappa shape index (κ2) is 7.98. The maximum Gasteiger partial charge on any atom is 0.270 e. The molecule has 6 nitrogen and oxygen atoms in total. The number of likely N-dealkylation sites (tertiary alicyclic amines) is 1. The third-order valence-electron chi connectivity index (χ3n) is 7.27. The van der Waals surface area contributed by atoms with Crippen molar-refractivity contribution in [1.82, 2.24) is 19.8 Å². The molecule has 156 valence electrons. The molecule has 0 aromatic carbocycles. The predicted molar refractivity (Wildman–Crippen MR) is 116 cm³/mol. The third-order valence-corrected chi connectivity index (χ3v) is 7.27. The lowest BCUT2D eigenvalue weighted by Gasteiger charge is -2.38. The molecule has 0 unspecified atom stereocenters. The van der Waals surface area contributed by atoms with Crippen LogP contribution >= 0.6 is 0 Å². The Hall–Kier alpha value is -2.08. The zero-order chi connectivity index (χ0) is 19.8. The lowest BCUT2D eigenvalue weighted by Crippen LogP contribution is -2.49. The number of nitrogens with zero attached hydrogens (tertiary/aromatic N) is 4. The number of pyridine rings is 1. The fraction of sp³-hybridized carbons (Fsp3) is 0.652. The molecular weight excluding hydrogens is 362 g/mol. The standard InChI is InChI=1S/C23H33N5O/c1-17-6-8-28(9-7-17)23(29)20-14-18-15-22(24-16-21(18)25-20)27-12-10-26(11-13-27)19-4-2-3-5-19/h14-17,19,25H,2-13H2,1H3. The van der Waals surface area contributed by atoms with E-state index in [4.69, 9.17) is 4.98 Å². The monoisotopic (exact) mass is 395 g/mol. The zero-order valence-electron chi connectivity index (χ0n) is 17.6. The van der Waals surface area contributed by atoms with Crippen molar-refractivity contribution in [2.45, 2.75) is 51.5 Å². The van der Waals surface area contributed by atoms with Crippen LogP contribution in [0.4, 0.5) is 5.82 Å². The number of aromatic nitrogens is 2. The van der Waals surface area contributed by atoms with Crippen molar-refractivity contribution in [2.24, 2.45) is 5.92 Å². The number of carbonyl (C=O) groups excluding carboxylic acids is 1. The molecule has 6 heteroatoms. The Morgan fingerprint density at radius 2 is 1.72 bits per heavy atom. The van der Waals surface area contributed by atoms with Crippen LogP contribution in [0.2, 0.25) is 0 Å². The van der Waals surface area contributed by atoms with Crippen molar-refractivity contribution >= 4 is 22.6 Å². The Balaban J connectivity index is 1.26. The molecule has 0 spiro atoms. The van der Waals surface area contributed by atoms with Crippen molar-refractivity contribution in [3.8, 4) is 0 Å². The van der Waals surface area contributed by atoms with Crippen molar-refractivity contribution < 1.29 is 4.79 Å². The second-order valence-corrected chi connectivity index (χ2v) is 9.25. The first-order chi connectivity index (χ1) is 14.2. The van der Waals surface area contributed by atoms with Gasteiger partial charge in [0.1, 0.15) is 11.5 Å². The van der Waals surface area contributed by atoms with E-state index >= 15 is 0 Å². The summed E-state index contributed by atoms with van der Waals surface area (Å²) in [6.07, 6.45) is 9.64. The molecule has 1 aliphatic carbocycles. The number of carbonyl (C=O) groups is 1. The van der Waals surface area contributed by atoms with E-state index in [0.29, 0.717) is 5.69 Å². The van der Waals surface area contributed by atoms with E-state index in [1.54, 1.807) is 0 Å². The van der Waals surface area contributed by atoms with Gasteiger partial charge in [-0.05, 0) is 43.7 Å². The SMILES string of the molecule is CC1CCN(C(=O)c2cc3cc(N4CCN(C5CCCC5)CC4)ncc3[nH]2)CC1. The number of amides is 1. The summed E-state index contributed by atoms with van der Waals surface area (Å²) in [5.74, 6) is 1.89. The van der Waals surface area contributed by atoms with Gasteiger partial charge in [-0.25, -0.2) is 4.98 Å². The largest absolute Gasteiger partial charge is 0.354 e. The van der Waals surface area contributed by atoms with Crippen molar-refractivity contribution in [2.75, 3.05) is 44.2 Å². The average molecular weight is 396 g/mol. The summed E-state index contributed by atoms with van der Waals surface area (Å²) in [6, 6.07) is 4.96. The highest BCUT2D eigenvalue weighted by atomic mass is 16.2. The van der Waals surface area contributed by atoms with Gasteiger partial charge in [-0.15, -0.1) is 0 Å². The quantitative estimate of drug-likeness (QED) is 0.864. The first kappa shape index (κ1) is 18.9. The minimum atomic E-state index is 0.125. The summed E-state index contributed by atoms with van der Waals surface area (Å²) < 4.78 is 0.